The first-order valence-corrected chi connectivity index (χ1v) is 9.36. The van der Waals surface area contributed by atoms with Gasteiger partial charge in [0, 0.05) is 12.3 Å². The fourth-order valence-electron chi connectivity index (χ4n) is 2.51. The minimum absolute atomic E-state index is 0.0498. The summed E-state index contributed by atoms with van der Waals surface area (Å²) in [5, 5.41) is 2.79. The van der Waals surface area contributed by atoms with E-state index in [-0.39, 0.29) is 23.3 Å². The molecular formula is C14H26N2O4S. The van der Waals surface area contributed by atoms with Crippen LogP contribution in [0.25, 0.3) is 0 Å². The first-order chi connectivity index (χ1) is 9.70. The van der Waals surface area contributed by atoms with Crippen LogP contribution in [0.2, 0.25) is 0 Å². The Morgan fingerprint density at radius 2 is 1.86 bits per heavy atom. The molecule has 2 amide bonds. The standard InChI is InChI=1S/C14H26N2O4S/c1-5-11-12(17)15-14(4,6-2)13(18)16(11)9-8-10-21(19,20)7-3/h11H,5-10H2,1-4H3,(H,15,17). The van der Waals surface area contributed by atoms with Gasteiger partial charge in [-0.05, 0) is 26.2 Å². The SMILES string of the molecule is CCC1C(=O)NC(C)(CC)C(=O)N1CCCS(=O)(=O)CC. The quantitative estimate of drug-likeness (QED) is 0.749. The molecule has 0 aromatic carbocycles. The van der Waals surface area contributed by atoms with Gasteiger partial charge in [-0.1, -0.05) is 20.8 Å². The molecule has 1 fully saturated rings. The van der Waals surface area contributed by atoms with Crippen molar-refractivity contribution in [2.45, 2.75) is 58.5 Å². The molecule has 1 aliphatic rings. The first-order valence-electron chi connectivity index (χ1n) is 7.54. The maximum Gasteiger partial charge on any atom is 0.248 e. The highest BCUT2D eigenvalue weighted by atomic mass is 32.2. The first kappa shape index (κ1) is 17.9. The third-order valence-corrected chi connectivity index (χ3v) is 5.99. The van der Waals surface area contributed by atoms with E-state index in [0.29, 0.717) is 25.8 Å². The number of nitrogens with zero attached hydrogens (tertiary/aromatic N) is 1. The lowest BCUT2D eigenvalue weighted by Gasteiger charge is -2.44. The van der Waals surface area contributed by atoms with Crippen molar-refractivity contribution in [1.29, 1.82) is 0 Å². The van der Waals surface area contributed by atoms with E-state index in [0.717, 1.165) is 0 Å². The summed E-state index contributed by atoms with van der Waals surface area (Å²) in [4.78, 5) is 26.3. The Kier molecular flexibility index (Phi) is 5.78. The molecule has 1 saturated heterocycles. The molecule has 0 saturated carbocycles. The predicted octanol–water partition coefficient (Wildman–Crippen LogP) is 0.717. The number of hydrogen-bond acceptors (Lipinski definition) is 4. The van der Waals surface area contributed by atoms with Crippen LogP contribution in [0.3, 0.4) is 0 Å². The number of nitrogens with one attached hydrogen (secondary N) is 1. The van der Waals surface area contributed by atoms with Crippen LogP contribution in [0.1, 0.15) is 47.0 Å². The van der Waals surface area contributed by atoms with Crippen molar-refractivity contribution >= 4 is 21.7 Å². The van der Waals surface area contributed by atoms with Crippen LogP contribution in [0.4, 0.5) is 0 Å². The molecule has 2 atom stereocenters. The van der Waals surface area contributed by atoms with Crippen molar-refractivity contribution in [3.63, 3.8) is 0 Å². The van der Waals surface area contributed by atoms with Crippen molar-refractivity contribution in [1.82, 2.24) is 10.2 Å². The number of carbonyl (C=O) groups excluding carboxylic acids is 2. The number of piperazine rings is 1. The summed E-state index contributed by atoms with van der Waals surface area (Å²) in [6.07, 6.45) is 1.40. The maximum atomic E-state index is 12.6. The molecule has 7 heteroatoms. The van der Waals surface area contributed by atoms with Gasteiger partial charge >= 0.3 is 0 Å². The molecule has 0 spiro atoms. The molecule has 0 aromatic heterocycles. The molecule has 0 aliphatic carbocycles. The van der Waals surface area contributed by atoms with Gasteiger partial charge in [-0.3, -0.25) is 9.59 Å². The van der Waals surface area contributed by atoms with E-state index >= 15 is 0 Å². The van der Waals surface area contributed by atoms with Gasteiger partial charge in [0.25, 0.3) is 0 Å². The van der Waals surface area contributed by atoms with Crippen LogP contribution in [-0.2, 0) is 19.4 Å². The molecule has 1 aliphatic heterocycles. The van der Waals surface area contributed by atoms with Crippen molar-refractivity contribution < 1.29 is 18.0 Å². The second-order valence-corrected chi connectivity index (χ2v) is 8.16. The number of sulfone groups is 1. The van der Waals surface area contributed by atoms with Gasteiger partial charge in [-0.15, -0.1) is 0 Å². The molecule has 0 bridgehead atoms. The number of rotatable bonds is 7. The van der Waals surface area contributed by atoms with E-state index in [2.05, 4.69) is 5.32 Å². The van der Waals surface area contributed by atoms with E-state index in [1.165, 1.54) is 0 Å². The molecule has 0 radical (unpaired) electrons. The topological polar surface area (TPSA) is 83.6 Å². The summed E-state index contributed by atoms with van der Waals surface area (Å²) >= 11 is 0. The van der Waals surface area contributed by atoms with Crippen molar-refractivity contribution in [2.75, 3.05) is 18.1 Å². The lowest BCUT2D eigenvalue weighted by atomic mass is 9.91. The largest absolute Gasteiger partial charge is 0.340 e. The molecule has 6 nitrogen and oxygen atoms in total. The highest BCUT2D eigenvalue weighted by molar-refractivity contribution is 7.91. The monoisotopic (exact) mass is 318 g/mol. The number of amides is 2. The molecule has 21 heavy (non-hydrogen) atoms. The van der Waals surface area contributed by atoms with Crippen LogP contribution >= 0.6 is 0 Å². The number of carbonyl (C=O) groups is 2. The Bertz CT molecular complexity index is 503. The Hall–Kier alpha value is -1.11. The summed E-state index contributed by atoms with van der Waals surface area (Å²) in [6, 6.07) is -0.499. The van der Waals surface area contributed by atoms with Crippen LogP contribution in [0.15, 0.2) is 0 Å². The Morgan fingerprint density at radius 3 is 2.33 bits per heavy atom. The van der Waals surface area contributed by atoms with Gasteiger partial charge in [0.05, 0.1) is 5.75 Å². The Labute approximate surface area is 127 Å². The average Bonchev–Trinajstić information content (AvgIpc) is 2.44. The number of hydrogen-bond donors (Lipinski definition) is 1. The van der Waals surface area contributed by atoms with Crippen LogP contribution in [0.5, 0.6) is 0 Å². The molecule has 0 aromatic rings. The highest BCUT2D eigenvalue weighted by Gasteiger charge is 2.45. The van der Waals surface area contributed by atoms with Crippen LogP contribution < -0.4 is 5.32 Å². The van der Waals surface area contributed by atoms with Gasteiger partial charge in [0.1, 0.15) is 21.4 Å². The highest BCUT2D eigenvalue weighted by Crippen LogP contribution is 2.23. The molecule has 1 rings (SSSR count). The fourth-order valence-corrected chi connectivity index (χ4v) is 3.37. The van der Waals surface area contributed by atoms with Gasteiger partial charge in [-0.2, -0.15) is 0 Å². The summed E-state index contributed by atoms with van der Waals surface area (Å²) < 4.78 is 23.1. The zero-order valence-corrected chi connectivity index (χ0v) is 14.1. The van der Waals surface area contributed by atoms with E-state index in [1.54, 1.807) is 18.7 Å². The molecule has 2 unspecified atom stereocenters. The Balaban J connectivity index is 2.84. The van der Waals surface area contributed by atoms with Crippen LogP contribution in [-0.4, -0.2) is 54.8 Å². The van der Waals surface area contributed by atoms with Gasteiger partial charge < -0.3 is 10.2 Å². The average molecular weight is 318 g/mol. The summed E-state index contributed by atoms with van der Waals surface area (Å²) in [7, 11) is -3.05. The van der Waals surface area contributed by atoms with Crippen molar-refractivity contribution in [3.8, 4) is 0 Å². The third kappa shape index (κ3) is 3.96. The zero-order valence-electron chi connectivity index (χ0n) is 13.3. The molecule has 1 N–H and O–H groups in total. The molecular weight excluding hydrogens is 292 g/mol. The summed E-state index contributed by atoms with van der Waals surface area (Å²) in [6.45, 7) is 7.33. The van der Waals surface area contributed by atoms with Crippen molar-refractivity contribution in [2.24, 2.45) is 0 Å². The minimum Gasteiger partial charge on any atom is -0.340 e. The normalized spacial score (nSPS) is 26.9. The van der Waals surface area contributed by atoms with Gasteiger partial charge in [-0.25, -0.2) is 8.42 Å². The summed E-state index contributed by atoms with van der Waals surface area (Å²) in [5.41, 5.74) is -0.883. The Morgan fingerprint density at radius 1 is 1.24 bits per heavy atom. The van der Waals surface area contributed by atoms with Gasteiger partial charge in [0.2, 0.25) is 11.8 Å². The maximum absolute atomic E-state index is 12.6. The van der Waals surface area contributed by atoms with E-state index < -0.39 is 21.4 Å². The molecule has 122 valence electrons. The molecule has 1 heterocycles. The van der Waals surface area contributed by atoms with Crippen LogP contribution in [0, 0.1) is 0 Å². The third-order valence-electron chi connectivity index (χ3n) is 4.20. The summed E-state index contributed by atoms with van der Waals surface area (Å²) in [5.74, 6) is -0.121. The van der Waals surface area contributed by atoms with E-state index in [1.807, 2.05) is 13.8 Å². The predicted molar refractivity (Wildman–Crippen MR) is 81.6 cm³/mol. The van der Waals surface area contributed by atoms with Gasteiger partial charge in [0.15, 0.2) is 0 Å². The van der Waals surface area contributed by atoms with E-state index in [4.69, 9.17) is 0 Å². The lowest BCUT2D eigenvalue weighted by molar-refractivity contribution is -0.154. The lowest BCUT2D eigenvalue weighted by Crippen LogP contribution is -2.69. The van der Waals surface area contributed by atoms with Crippen molar-refractivity contribution in [3.05, 3.63) is 0 Å². The zero-order chi connectivity index (χ0) is 16.3. The smallest absolute Gasteiger partial charge is 0.248 e. The second-order valence-electron chi connectivity index (χ2n) is 5.69. The van der Waals surface area contributed by atoms with E-state index in [9.17, 15) is 18.0 Å². The fraction of sp³-hybridized carbons (Fsp3) is 0.857. The minimum atomic E-state index is -3.05. The second kappa shape index (κ2) is 6.77.